The number of carbonyl (C=O) groups excluding carboxylic acids is 1. The highest BCUT2D eigenvalue weighted by atomic mass is 16.6. The largest absolute Gasteiger partial charge is 0.382 e. The molecule has 1 atom stereocenters. The first-order chi connectivity index (χ1) is 9.33. The monoisotopic (exact) mass is 258 g/mol. The summed E-state index contributed by atoms with van der Waals surface area (Å²) in [6.45, 7) is 0. The van der Waals surface area contributed by atoms with Gasteiger partial charge in [-0.3, -0.25) is 4.79 Å². The van der Waals surface area contributed by atoms with Crippen molar-refractivity contribution in [1.29, 1.82) is 0 Å². The smallest absolute Gasteiger partial charge is 0.264 e. The van der Waals surface area contributed by atoms with E-state index in [-0.39, 0.29) is 5.91 Å². The van der Waals surface area contributed by atoms with Crippen LogP contribution in [0.1, 0.15) is 37.7 Å². The van der Waals surface area contributed by atoms with Crippen molar-refractivity contribution in [3.8, 4) is 0 Å². The molecule has 0 aromatic heterocycles. The van der Waals surface area contributed by atoms with Crippen molar-refractivity contribution in [3.05, 3.63) is 35.9 Å². The molecule has 3 rings (SSSR count). The van der Waals surface area contributed by atoms with Gasteiger partial charge in [-0.05, 0) is 18.4 Å². The van der Waals surface area contributed by atoms with Gasteiger partial charge in [0.25, 0.3) is 5.91 Å². The van der Waals surface area contributed by atoms with Crippen molar-refractivity contribution >= 4 is 11.6 Å². The van der Waals surface area contributed by atoms with Gasteiger partial charge in [0.2, 0.25) is 6.10 Å². The fourth-order valence-corrected chi connectivity index (χ4v) is 2.68. The summed E-state index contributed by atoms with van der Waals surface area (Å²) in [5.74, 6) is -0.0263. The molecule has 1 aromatic carbocycles. The first kappa shape index (κ1) is 12.2. The Morgan fingerprint density at radius 2 is 1.95 bits per heavy atom. The minimum atomic E-state index is -0.462. The number of nitrogens with one attached hydrogen (secondary N) is 1. The lowest BCUT2D eigenvalue weighted by atomic mass is 10.0. The Morgan fingerprint density at radius 3 is 2.68 bits per heavy atom. The van der Waals surface area contributed by atoms with Crippen LogP contribution in [0.25, 0.3) is 0 Å². The third kappa shape index (κ3) is 2.78. The number of benzene rings is 1. The average Bonchev–Trinajstić information content (AvgIpc) is 3.10. The minimum absolute atomic E-state index is 0.0263. The molecule has 1 aliphatic heterocycles. The molecule has 4 heteroatoms. The molecule has 1 heterocycles. The fourth-order valence-electron chi connectivity index (χ4n) is 2.68. The summed E-state index contributed by atoms with van der Waals surface area (Å²) in [6.07, 6.45) is 4.69. The summed E-state index contributed by atoms with van der Waals surface area (Å²) in [5.41, 5.74) is 1.88. The van der Waals surface area contributed by atoms with Gasteiger partial charge in [-0.25, -0.2) is 0 Å². The topological polar surface area (TPSA) is 50.7 Å². The molecule has 1 fully saturated rings. The second-order valence-electron chi connectivity index (χ2n) is 5.19. The van der Waals surface area contributed by atoms with Crippen LogP contribution in [0.15, 0.2) is 35.5 Å². The molecule has 0 saturated heterocycles. The van der Waals surface area contributed by atoms with Crippen molar-refractivity contribution in [3.63, 3.8) is 0 Å². The third-order valence-electron chi connectivity index (χ3n) is 3.77. The van der Waals surface area contributed by atoms with Crippen LogP contribution in [0, 0.1) is 0 Å². The lowest BCUT2D eigenvalue weighted by Gasteiger charge is -2.14. The van der Waals surface area contributed by atoms with E-state index in [4.69, 9.17) is 4.84 Å². The predicted molar refractivity (Wildman–Crippen MR) is 72.9 cm³/mol. The summed E-state index contributed by atoms with van der Waals surface area (Å²) in [5, 5.41) is 7.09. The van der Waals surface area contributed by atoms with Crippen LogP contribution in [0.3, 0.4) is 0 Å². The normalized spacial score (nSPS) is 22.9. The summed E-state index contributed by atoms with van der Waals surface area (Å²) in [7, 11) is 0. The Hall–Kier alpha value is -1.84. The Morgan fingerprint density at radius 1 is 1.21 bits per heavy atom. The highest BCUT2D eigenvalue weighted by Crippen LogP contribution is 2.20. The Bertz CT molecular complexity index is 478. The van der Waals surface area contributed by atoms with Crippen molar-refractivity contribution in [2.45, 2.75) is 44.2 Å². The van der Waals surface area contributed by atoms with E-state index in [2.05, 4.69) is 10.5 Å². The number of hydrogen-bond acceptors (Lipinski definition) is 3. The van der Waals surface area contributed by atoms with Crippen LogP contribution < -0.4 is 5.32 Å². The molecule has 1 aliphatic carbocycles. The van der Waals surface area contributed by atoms with Crippen LogP contribution in [0.4, 0.5) is 0 Å². The molecule has 0 radical (unpaired) electrons. The number of hydrogen-bond donors (Lipinski definition) is 1. The van der Waals surface area contributed by atoms with E-state index in [1.165, 1.54) is 12.8 Å². The van der Waals surface area contributed by atoms with Gasteiger partial charge < -0.3 is 10.2 Å². The van der Waals surface area contributed by atoms with E-state index in [9.17, 15) is 4.79 Å². The number of rotatable bonds is 3. The zero-order valence-corrected chi connectivity index (χ0v) is 10.8. The quantitative estimate of drug-likeness (QED) is 0.904. The van der Waals surface area contributed by atoms with E-state index in [0.29, 0.717) is 12.5 Å². The molecule has 1 N–H and O–H groups in total. The lowest BCUT2D eigenvalue weighted by Crippen LogP contribution is -2.40. The molecule has 0 spiro atoms. The van der Waals surface area contributed by atoms with Crippen LogP contribution in [0.2, 0.25) is 0 Å². The molecule has 19 heavy (non-hydrogen) atoms. The summed E-state index contributed by atoms with van der Waals surface area (Å²) >= 11 is 0. The van der Waals surface area contributed by atoms with Gasteiger partial charge in [0, 0.05) is 12.5 Å². The third-order valence-corrected chi connectivity index (χ3v) is 3.77. The van der Waals surface area contributed by atoms with Gasteiger partial charge in [-0.2, -0.15) is 0 Å². The molecular weight excluding hydrogens is 240 g/mol. The maximum atomic E-state index is 12.1. The van der Waals surface area contributed by atoms with E-state index < -0.39 is 6.10 Å². The van der Waals surface area contributed by atoms with Gasteiger partial charge in [-0.15, -0.1) is 0 Å². The number of carbonyl (C=O) groups is 1. The molecule has 1 saturated carbocycles. The number of amides is 1. The lowest BCUT2D eigenvalue weighted by molar-refractivity contribution is -0.131. The van der Waals surface area contributed by atoms with E-state index >= 15 is 0 Å². The van der Waals surface area contributed by atoms with Crippen molar-refractivity contribution in [2.75, 3.05) is 0 Å². The van der Waals surface area contributed by atoms with Gasteiger partial charge >= 0.3 is 0 Å². The first-order valence-electron chi connectivity index (χ1n) is 6.91. The van der Waals surface area contributed by atoms with E-state index in [1.807, 2.05) is 30.3 Å². The van der Waals surface area contributed by atoms with Crippen molar-refractivity contribution < 1.29 is 9.63 Å². The maximum Gasteiger partial charge on any atom is 0.264 e. The summed E-state index contributed by atoms with van der Waals surface area (Å²) < 4.78 is 0. The maximum absolute atomic E-state index is 12.1. The second-order valence-corrected chi connectivity index (χ2v) is 5.19. The highest BCUT2D eigenvalue weighted by molar-refractivity contribution is 6.04. The van der Waals surface area contributed by atoms with Crippen LogP contribution in [-0.2, 0) is 9.63 Å². The Kier molecular flexibility index (Phi) is 3.49. The summed E-state index contributed by atoms with van der Waals surface area (Å²) in [4.78, 5) is 17.3. The van der Waals surface area contributed by atoms with Gasteiger partial charge in [-0.1, -0.05) is 48.3 Å². The molecule has 100 valence electrons. The van der Waals surface area contributed by atoms with Crippen LogP contribution in [-0.4, -0.2) is 23.8 Å². The van der Waals surface area contributed by atoms with Gasteiger partial charge in [0.15, 0.2) is 0 Å². The zero-order chi connectivity index (χ0) is 13.1. The predicted octanol–water partition coefficient (Wildman–Crippen LogP) is 2.24. The average molecular weight is 258 g/mol. The Labute approximate surface area is 112 Å². The van der Waals surface area contributed by atoms with Crippen molar-refractivity contribution in [2.24, 2.45) is 5.16 Å². The molecular formula is C15H18N2O2. The second kappa shape index (κ2) is 5.43. The van der Waals surface area contributed by atoms with Crippen LogP contribution in [0.5, 0.6) is 0 Å². The van der Waals surface area contributed by atoms with Gasteiger partial charge in [0.1, 0.15) is 0 Å². The first-order valence-corrected chi connectivity index (χ1v) is 6.91. The summed E-state index contributed by atoms with van der Waals surface area (Å²) in [6, 6.07) is 10.2. The van der Waals surface area contributed by atoms with Gasteiger partial charge in [0.05, 0.1) is 5.71 Å². The van der Waals surface area contributed by atoms with Crippen molar-refractivity contribution in [1.82, 2.24) is 5.32 Å². The highest BCUT2D eigenvalue weighted by Gasteiger charge is 2.30. The van der Waals surface area contributed by atoms with E-state index in [1.54, 1.807) is 0 Å². The minimum Gasteiger partial charge on any atom is -0.382 e. The molecule has 1 aromatic rings. The van der Waals surface area contributed by atoms with E-state index in [0.717, 1.165) is 24.1 Å². The SMILES string of the molecule is O=C(NC1CCCC1)[C@H]1CC(c2ccccc2)=NO1. The molecule has 0 bridgehead atoms. The zero-order valence-electron chi connectivity index (χ0n) is 10.8. The molecule has 4 nitrogen and oxygen atoms in total. The van der Waals surface area contributed by atoms with Crippen LogP contribution >= 0.6 is 0 Å². The standard InChI is InChI=1S/C15H18N2O2/c18-15(16-12-8-4-5-9-12)14-10-13(17-19-14)11-6-2-1-3-7-11/h1-3,6-7,12,14H,4-5,8-10H2,(H,16,18)/t14-/m1/s1. The molecule has 2 aliphatic rings. The number of nitrogens with zero attached hydrogens (tertiary/aromatic N) is 1. The number of oxime groups is 1. The Balaban J connectivity index is 1.57. The fraction of sp³-hybridized carbons (Fsp3) is 0.467. The molecule has 0 unspecified atom stereocenters. The molecule has 1 amide bonds.